The van der Waals surface area contributed by atoms with Gasteiger partial charge in [0.05, 0.1) is 5.56 Å². The molecule has 0 spiro atoms. The van der Waals surface area contributed by atoms with Crippen LogP contribution < -0.4 is 0 Å². The Morgan fingerprint density at radius 3 is 2.00 bits per heavy atom. The van der Waals surface area contributed by atoms with Gasteiger partial charge in [-0.3, -0.25) is 0 Å². The van der Waals surface area contributed by atoms with Crippen LogP contribution in [0.2, 0.25) is 0 Å². The lowest BCUT2D eigenvalue weighted by atomic mass is 9.80. The van der Waals surface area contributed by atoms with E-state index >= 15 is 0 Å². The minimum absolute atomic E-state index is 0.200. The third-order valence-corrected chi connectivity index (χ3v) is 6.70. The Kier molecular flexibility index (Phi) is 7.49. The number of hydrogen-bond donors (Lipinski definition) is 0. The maximum Gasteiger partial charge on any atom is 0.142 e. The zero-order valence-electron chi connectivity index (χ0n) is 20.1. The molecule has 0 atom stereocenters. The van der Waals surface area contributed by atoms with E-state index in [1.807, 2.05) is 25.1 Å². The Balaban J connectivity index is 1.43. The zero-order valence-corrected chi connectivity index (χ0v) is 20.1. The second-order valence-corrected chi connectivity index (χ2v) is 9.66. The molecule has 34 heavy (non-hydrogen) atoms. The fraction of sp³-hybridized carbons (Fsp3) is 0.312. The molecular weight excluding hydrogens is 422 g/mol. The highest BCUT2D eigenvalue weighted by Crippen LogP contribution is 2.30. The van der Waals surface area contributed by atoms with Crippen LogP contribution in [-0.4, -0.2) is 0 Å². The van der Waals surface area contributed by atoms with Gasteiger partial charge in [-0.05, 0) is 104 Å². The lowest BCUT2D eigenvalue weighted by molar-refractivity contribution is 0.289. The molecule has 1 aliphatic rings. The van der Waals surface area contributed by atoms with Gasteiger partial charge in [-0.2, -0.15) is 0 Å². The fourth-order valence-corrected chi connectivity index (χ4v) is 4.57. The first-order valence-corrected chi connectivity index (χ1v) is 12.1. The van der Waals surface area contributed by atoms with Gasteiger partial charge in [0.2, 0.25) is 0 Å². The van der Waals surface area contributed by atoms with E-state index < -0.39 is 11.6 Å². The molecule has 2 heteroatoms. The Bertz CT molecular complexity index is 1260. The molecule has 1 aliphatic carbocycles. The van der Waals surface area contributed by atoms with E-state index in [4.69, 9.17) is 0 Å². The molecule has 0 saturated heterocycles. The van der Waals surface area contributed by atoms with E-state index in [-0.39, 0.29) is 5.56 Å². The van der Waals surface area contributed by atoms with Gasteiger partial charge in [0.1, 0.15) is 11.6 Å². The molecule has 1 saturated carbocycles. The molecule has 0 radical (unpaired) electrons. The highest BCUT2D eigenvalue weighted by molar-refractivity contribution is 5.52. The largest absolute Gasteiger partial charge is 0.206 e. The predicted octanol–water partition coefficient (Wildman–Crippen LogP) is 7.75. The molecule has 0 aliphatic heterocycles. The Morgan fingerprint density at radius 2 is 1.35 bits per heavy atom. The third kappa shape index (κ3) is 6.15. The van der Waals surface area contributed by atoms with E-state index in [1.165, 1.54) is 49.8 Å². The Labute approximate surface area is 202 Å². The molecule has 0 unspecified atom stereocenters. The van der Waals surface area contributed by atoms with Crippen LogP contribution in [0.5, 0.6) is 0 Å². The van der Waals surface area contributed by atoms with Crippen molar-refractivity contribution in [3.8, 4) is 23.7 Å². The minimum Gasteiger partial charge on any atom is -0.206 e. The number of rotatable bonds is 2. The molecule has 0 amide bonds. The highest BCUT2D eigenvalue weighted by Gasteiger charge is 2.18. The second-order valence-electron chi connectivity index (χ2n) is 9.66. The zero-order chi connectivity index (χ0) is 24.1. The van der Waals surface area contributed by atoms with Crippen molar-refractivity contribution in [2.24, 2.45) is 11.8 Å². The summed E-state index contributed by atoms with van der Waals surface area (Å²) in [7, 11) is 0. The van der Waals surface area contributed by atoms with Gasteiger partial charge >= 0.3 is 0 Å². The van der Waals surface area contributed by atoms with E-state index in [0.717, 1.165) is 28.5 Å². The molecule has 172 valence electrons. The Hall–Kier alpha value is -3.36. The van der Waals surface area contributed by atoms with Crippen molar-refractivity contribution in [3.05, 3.63) is 105 Å². The summed E-state index contributed by atoms with van der Waals surface area (Å²) in [6, 6.07) is 16.8. The van der Waals surface area contributed by atoms with Crippen molar-refractivity contribution < 1.29 is 8.78 Å². The monoisotopic (exact) mass is 452 g/mol. The summed E-state index contributed by atoms with van der Waals surface area (Å²) >= 11 is 0. The summed E-state index contributed by atoms with van der Waals surface area (Å²) in [4.78, 5) is 0. The maximum absolute atomic E-state index is 14.0. The Morgan fingerprint density at radius 1 is 0.735 bits per heavy atom. The van der Waals surface area contributed by atoms with Crippen LogP contribution in [0.3, 0.4) is 0 Å². The molecule has 1 fully saturated rings. The average molecular weight is 453 g/mol. The van der Waals surface area contributed by atoms with Gasteiger partial charge in [0.25, 0.3) is 0 Å². The molecule has 0 nitrogen and oxygen atoms in total. The summed E-state index contributed by atoms with van der Waals surface area (Å²) in [6.45, 7) is 5.98. The van der Waals surface area contributed by atoms with Crippen LogP contribution in [0, 0.1) is 61.0 Å². The quantitative estimate of drug-likeness (QED) is 0.349. The van der Waals surface area contributed by atoms with Crippen molar-refractivity contribution in [2.45, 2.75) is 52.9 Å². The van der Waals surface area contributed by atoms with Crippen molar-refractivity contribution in [1.29, 1.82) is 0 Å². The topological polar surface area (TPSA) is 0 Å². The van der Waals surface area contributed by atoms with E-state index in [9.17, 15) is 8.78 Å². The summed E-state index contributed by atoms with van der Waals surface area (Å²) in [5.74, 6) is 12.4. The van der Waals surface area contributed by atoms with Crippen LogP contribution in [0.1, 0.15) is 71.6 Å². The maximum atomic E-state index is 14.0. The van der Waals surface area contributed by atoms with Crippen LogP contribution in [0.4, 0.5) is 8.78 Å². The molecule has 0 bridgehead atoms. The number of benzene rings is 3. The van der Waals surface area contributed by atoms with Crippen molar-refractivity contribution in [1.82, 2.24) is 0 Å². The predicted molar refractivity (Wildman–Crippen MR) is 136 cm³/mol. The van der Waals surface area contributed by atoms with Gasteiger partial charge in [-0.25, -0.2) is 8.78 Å². The first-order valence-electron chi connectivity index (χ1n) is 12.1. The minimum atomic E-state index is -0.636. The molecule has 0 aromatic heterocycles. The second kappa shape index (κ2) is 10.7. The summed E-state index contributed by atoms with van der Waals surface area (Å²) in [5, 5.41) is 0. The molecule has 0 heterocycles. The summed E-state index contributed by atoms with van der Waals surface area (Å²) < 4.78 is 28.0. The standard InChI is InChI=1S/C32H30F2/c1-22-4-6-27(7-5-22)21-28-10-8-25(9-11-28)12-15-29-16-13-26(20-24(29)3)14-17-30-31(33)18-23(2)19-32(30)34/h8-11,13,16,18-20,22,27H,4-7,21H2,1-3H3. The average Bonchev–Trinajstić information content (AvgIpc) is 2.80. The van der Waals surface area contributed by atoms with Crippen molar-refractivity contribution in [2.75, 3.05) is 0 Å². The fourth-order valence-electron chi connectivity index (χ4n) is 4.57. The lowest BCUT2D eigenvalue weighted by Gasteiger charge is -2.26. The molecular formula is C32H30F2. The number of hydrogen-bond acceptors (Lipinski definition) is 0. The number of aryl methyl sites for hydroxylation is 2. The van der Waals surface area contributed by atoms with Crippen molar-refractivity contribution in [3.63, 3.8) is 0 Å². The van der Waals surface area contributed by atoms with Gasteiger partial charge in [-0.1, -0.05) is 55.6 Å². The highest BCUT2D eigenvalue weighted by atomic mass is 19.1. The van der Waals surface area contributed by atoms with Gasteiger partial charge in [0, 0.05) is 16.7 Å². The first kappa shape index (κ1) is 23.8. The van der Waals surface area contributed by atoms with Gasteiger partial charge in [-0.15, -0.1) is 0 Å². The van der Waals surface area contributed by atoms with Crippen LogP contribution >= 0.6 is 0 Å². The smallest absolute Gasteiger partial charge is 0.142 e. The summed E-state index contributed by atoms with van der Waals surface area (Å²) in [6.07, 6.45) is 6.57. The van der Waals surface area contributed by atoms with E-state index in [0.29, 0.717) is 11.1 Å². The van der Waals surface area contributed by atoms with Crippen LogP contribution in [0.25, 0.3) is 0 Å². The van der Waals surface area contributed by atoms with Gasteiger partial charge < -0.3 is 0 Å². The van der Waals surface area contributed by atoms with Gasteiger partial charge in [0.15, 0.2) is 0 Å². The summed E-state index contributed by atoms with van der Waals surface area (Å²) in [5.41, 5.74) is 5.32. The molecule has 4 rings (SSSR count). The number of halogens is 2. The van der Waals surface area contributed by atoms with Crippen LogP contribution in [0.15, 0.2) is 54.6 Å². The lowest BCUT2D eigenvalue weighted by Crippen LogP contribution is -2.14. The molecule has 3 aromatic carbocycles. The molecule has 0 N–H and O–H groups in total. The van der Waals surface area contributed by atoms with Crippen LogP contribution in [-0.2, 0) is 6.42 Å². The van der Waals surface area contributed by atoms with E-state index in [2.05, 4.69) is 54.9 Å². The third-order valence-electron chi connectivity index (χ3n) is 6.70. The normalized spacial score (nSPS) is 17.3. The van der Waals surface area contributed by atoms with Crippen molar-refractivity contribution >= 4 is 0 Å². The molecule has 3 aromatic rings. The van der Waals surface area contributed by atoms with E-state index in [1.54, 1.807) is 6.92 Å². The first-order chi connectivity index (χ1) is 16.4. The SMILES string of the molecule is Cc1cc(F)c(C#Cc2ccc(C#Cc3ccc(CC4CCC(C)CC4)cc3)c(C)c2)c(F)c1.